The molecular weight excluding hydrogens is 212 g/mol. The van der Waals surface area contributed by atoms with Gasteiger partial charge in [0.1, 0.15) is 0 Å². The van der Waals surface area contributed by atoms with Crippen LogP contribution in [0.4, 0.5) is 5.69 Å². The summed E-state index contributed by atoms with van der Waals surface area (Å²) in [6.07, 6.45) is 2.57. The van der Waals surface area contributed by atoms with Crippen LogP contribution in [-0.2, 0) is 11.3 Å². The number of benzene rings is 1. The lowest BCUT2D eigenvalue weighted by Gasteiger charge is -2.32. The molecule has 0 spiro atoms. The molecule has 0 saturated carbocycles. The Morgan fingerprint density at radius 1 is 1.47 bits per heavy atom. The van der Waals surface area contributed by atoms with Crippen LogP contribution in [0.25, 0.3) is 0 Å². The molecule has 0 radical (unpaired) electrons. The molecule has 1 heterocycles. The Morgan fingerprint density at radius 2 is 2.35 bits per heavy atom. The summed E-state index contributed by atoms with van der Waals surface area (Å²) < 4.78 is 5.25. The molecule has 1 unspecified atom stereocenters. The smallest absolute Gasteiger partial charge is 0.0502 e. The molecule has 0 aromatic heterocycles. The Hall–Kier alpha value is -1.06. The topological polar surface area (TPSA) is 38.5 Å². The second-order valence-corrected chi connectivity index (χ2v) is 4.94. The van der Waals surface area contributed by atoms with Crippen molar-refractivity contribution in [3.05, 3.63) is 29.8 Å². The molecule has 0 amide bonds. The van der Waals surface area contributed by atoms with Crippen LogP contribution in [0.15, 0.2) is 24.3 Å². The number of hydrogen-bond donors (Lipinski definition) is 1. The van der Waals surface area contributed by atoms with Gasteiger partial charge in [-0.05, 0) is 43.0 Å². The van der Waals surface area contributed by atoms with Gasteiger partial charge in [0.05, 0.1) is 6.61 Å². The first kappa shape index (κ1) is 12.4. The molecular formula is C14H22N2O. The van der Waals surface area contributed by atoms with E-state index in [2.05, 4.69) is 17.0 Å². The van der Waals surface area contributed by atoms with Gasteiger partial charge in [-0.1, -0.05) is 12.1 Å². The van der Waals surface area contributed by atoms with E-state index in [1.165, 1.54) is 24.9 Å². The van der Waals surface area contributed by atoms with Crippen molar-refractivity contribution >= 4 is 5.69 Å². The first-order chi connectivity index (χ1) is 8.28. The molecule has 1 aliphatic heterocycles. The van der Waals surface area contributed by atoms with Crippen molar-refractivity contribution in [3.8, 4) is 0 Å². The van der Waals surface area contributed by atoms with Crippen molar-refractivity contribution in [3.63, 3.8) is 0 Å². The summed E-state index contributed by atoms with van der Waals surface area (Å²) in [5.74, 6) is 0.690. The number of rotatable bonds is 4. The van der Waals surface area contributed by atoms with Crippen molar-refractivity contribution in [1.29, 1.82) is 0 Å². The van der Waals surface area contributed by atoms with Crippen molar-refractivity contribution in [1.82, 2.24) is 4.90 Å². The van der Waals surface area contributed by atoms with Crippen molar-refractivity contribution < 1.29 is 4.74 Å². The lowest BCUT2D eigenvalue weighted by molar-refractivity contribution is 0.0874. The SMILES string of the molecule is COCC1CCCN(Cc2cccc(N)c2)C1. The summed E-state index contributed by atoms with van der Waals surface area (Å²) in [5.41, 5.74) is 7.96. The summed E-state index contributed by atoms with van der Waals surface area (Å²) in [7, 11) is 1.79. The van der Waals surface area contributed by atoms with Crippen LogP contribution in [-0.4, -0.2) is 31.7 Å². The number of piperidine rings is 1. The summed E-state index contributed by atoms with van der Waals surface area (Å²) in [6, 6.07) is 8.19. The second kappa shape index (κ2) is 6.03. The Kier molecular flexibility index (Phi) is 4.40. The zero-order valence-electron chi connectivity index (χ0n) is 10.6. The minimum atomic E-state index is 0.690. The van der Waals surface area contributed by atoms with Crippen LogP contribution in [0.1, 0.15) is 18.4 Å². The van der Waals surface area contributed by atoms with Gasteiger partial charge in [0, 0.05) is 25.9 Å². The van der Waals surface area contributed by atoms with Gasteiger partial charge in [-0.15, -0.1) is 0 Å². The van der Waals surface area contributed by atoms with E-state index in [9.17, 15) is 0 Å². The third-order valence-corrected chi connectivity index (χ3v) is 3.36. The first-order valence-electron chi connectivity index (χ1n) is 6.33. The molecule has 2 N–H and O–H groups in total. The van der Waals surface area contributed by atoms with Gasteiger partial charge < -0.3 is 10.5 Å². The predicted octanol–water partition coefficient (Wildman–Crippen LogP) is 2.13. The second-order valence-electron chi connectivity index (χ2n) is 4.94. The molecule has 3 nitrogen and oxygen atoms in total. The Morgan fingerprint density at radius 3 is 3.12 bits per heavy atom. The standard InChI is InChI=1S/C14H22N2O/c1-17-11-13-5-3-7-16(10-13)9-12-4-2-6-14(15)8-12/h2,4,6,8,13H,3,5,7,9-11,15H2,1H3. The number of ether oxygens (including phenoxy) is 1. The highest BCUT2D eigenvalue weighted by Crippen LogP contribution is 2.19. The largest absolute Gasteiger partial charge is 0.399 e. The zero-order chi connectivity index (χ0) is 12.1. The van der Waals surface area contributed by atoms with Crippen LogP contribution in [0.2, 0.25) is 0 Å². The molecule has 0 bridgehead atoms. The Bertz CT molecular complexity index is 352. The fourth-order valence-electron chi connectivity index (χ4n) is 2.62. The van der Waals surface area contributed by atoms with E-state index >= 15 is 0 Å². The van der Waals surface area contributed by atoms with Crippen LogP contribution in [0.3, 0.4) is 0 Å². The molecule has 1 aromatic rings. The van der Waals surface area contributed by atoms with Gasteiger partial charge in [-0.2, -0.15) is 0 Å². The van der Waals surface area contributed by atoms with Crippen LogP contribution in [0.5, 0.6) is 0 Å². The average molecular weight is 234 g/mol. The van der Waals surface area contributed by atoms with E-state index in [0.29, 0.717) is 5.92 Å². The Balaban J connectivity index is 1.90. The fourth-order valence-corrected chi connectivity index (χ4v) is 2.62. The molecule has 0 aliphatic carbocycles. The molecule has 1 aromatic carbocycles. The average Bonchev–Trinajstić information content (AvgIpc) is 2.30. The molecule has 3 heteroatoms. The highest BCUT2D eigenvalue weighted by Gasteiger charge is 2.19. The van der Waals surface area contributed by atoms with E-state index in [1.807, 2.05) is 12.1 Å². The van der Waals surface area contributed by atoms with E-state index < -0.39 is 0 Å². The van der Waals surface area contributed by atoms with Crippen LogP contribution < -0.4 is 5.73 Å². The van der Waals surface area contributed by atoms with E-state index in [-0.39, 0.29) is 0 Å². The Labute approximate surface area is 104 Å². The number of anilines is 1. The highest BCUT2D eigenvalue weighted by molar-refractivity contribution is 5.40. The van der Waals surface area contributed by atoms with Gasteiger partial charge in [-0.25, -0.2) is 0 Å². The van der Waals surface area contributed by atoms with Crippen molar-refractivity contribution in [2.45, 2.75) is 19.4 Å². The quantitative estimate of drug-likeness (QED) is 0.811. The lowest BCUT2D eigenvalue weighted by atomic mass is 9.98. The third-order valence-electron chi connectivity index (χ3n) is 3.36. The van der Waals surface area contributed by atoms with Gasteiger partial charge in [0.2, 0.25) is 0 Å². The number of likely N-dealkylation sites (tertiary alicyclic amines) is 1. The molecule has 1 aliphatic rings. The number of hydrogen-bond acceptors (Lipinski definition) is 3. The number of nitrogens with zero attached hydrogens (tertiary/aromatic N) is 1. The summed E-state index contributed by atoms with van der Waals surface area (Å²) >= 11 is 0. The number of methoxy groups -OCH3 is 1. The normalized spacial score (nSPS) is 21.6. The first-order valence-corrected chi connectivity index (χ1v) is 6.33. The highest BCUT2D eigenvalue weighted by atomic mass is 16.5. The summed E-state index contributed by atoms with van der Waals surface area (Å²) in [5, 5.41) is 0. The summed E-state index contributed by atoms with van der Waals surface area (Å²) in [6.45, 7) is 4.22. The maximum Gasteiger partial charge on any atom is 0.0502 e. The van der Waals surface area contributed by atoms with Gasteiger partial charge >= 0.3 is 0 Å². The molecule has 94 valence electrons. The molecule has 1 fully saturated rings. The third kappa shape index (κ3) is 3.72. The molecule has 17 heavy (non-hydrogen) atoms. The maximum absolute atomic E-state index is 5.80. The van der Waals surface area contributed by atoms with E-state index in [1.54, 1.807) is 7.11 Å². The molecule has 1 atom stereocenters. The van der Waals surface area contributed by atoms with Gasteiger partial charge in [-0.3, -0.25) is 4.90 Å². The molecule has 1 saturated heterocycles. The van der Waals surface area contributed by atoms with E-state index in [0.717, 1.165) is 25.4 Å². The number of nitrogens with two attached hydrogens (primary N) is 1. The predicted molar refractivity (Wildman–Crippen MR) is 70.7 cm³/mol. The van der Waals surface area contributed by atoms with Gasteiger partial charge in [0.25, 0.3) is 0 Å². The van der Waals surface area contributed by atoms with Crippen LogP contribution in [0, 0.1) is 5.92 Å². The fraction of sp³-hybridized carbons (Fsp3) is 0.571. The van der Waals surface area contributed by atoms with Crippen molar-refractivity contribution in [2.24, 2.45) is 5.92 Å². The minimum absolute atomic E-state index is 0.690. The maximum atomic E-state index is 5.80. The summed E-state index contributed by atoms with van der Waals surface area (Å²) in [4.78, 5) is 2.50. The number of nitrogen functional groups attached to an aromatic ring is 1. The minimum Gasteiger partial charge on any atom is -0.399 e. The zero-order valence-corrected chi connectivity index (χ0v) is 10.6. The van der Waals surface area contributed by atoms with Crippen molar-refractivity contribution in [2.75, 3.05) is 32.5 Å². The lowest BCUT2D eigenvalue weighted by Crippen LogP contribution is -2.36. The van der Waals surface area contributed by atoms with E-state index in [4.69, 9.17) is 10.5 Å². The monoisotopic (exact) mass is 234 g/mol. The van der Waals surface area contributed by atoms with Crippen LogP contribution >= 0.6 is 0 Å². The van der Waals surface area contributed by atoms with Gasteiger partial charge in [0.15, 0.2) is 0 Å². The molecule has 2 rings (SSSR count).